The molecule has 170 valence electrons. The van der Waals surface area contributed by atoms with Gasteiger partial charge in [-0.3, -0.25) is 9.59 Å². The number of carbonyl (C=O) groups is 2. The van der Waals surface area contributed by atoms with Gasteiger partial charge in [-0.1, -0.05) is 6.07 Å². The van der Waals surface area contributed by atoms with Gasteiger partial charge in [0.2, 0.25) is 5.91 Å². The van der Waals surface area contributed by atoms with Crippen molar-refractivity contribution in [2.45, 2.75) is 18.9 Å². The number of hydrogen-bond donors (Lipinski definition) is 2. The average molecular weight is 440 g/mol. The first-order chi connectivity index (χ1) is 15.7. The normalized spacial score (nSPS) is 18.2. The van der Waals surface area contributed by atoms with Crippen LogP contribution >= 0.6 is 0 Å². The summed E-state index contributed by atoms with van der Waals surface area (Å²) in [6.07, 6.45) is 2.31. The van der Waals surface area contributed by atoms with E-state index >= 15 is 0 Å². The summed E-state index contributed by atoms with van der Waals surface area (Å²) >= 11 is 0. The van der Waals surface area contributed by atoms with Gasteiger partial charge in [-0.25, -0.2) is 0 Å². The summed E-state index contributed by atoms with van der Waals surface area (Å²) in [6.45, 7) is 3.74. The standard InChI is InChI=1S/C24H29N3O5/c28-23(16-25-19-6-8-21(9-7-19)32-17-22-5-2-12-31-22)26-20-4-1-3-18(15-20)24(29)27-10-13-30-14-11-27/h1,3-4,6-9,15,22,25H,2,5,10-14,16-17H2,(H,26,28). The Morgan fingerprint density at radius 1 is 1.03 bits per heavy atom. The van der Waals surface area contributed by atoms with Crippen LogP contribution in [0, 0.1) is 0 Å². The lowest BCUT2D eigenvalue weighted by Crippen LogP contribution is -2.40. The van der Waals surface area contributed by atoms with Crippen molar-refractivity contribution in [2.75, 3.05) is 56.7 Å². The number of benzene rings is 2. The van der Waals surface area contributed by atoms with Gasteiger partial charge in [-0.05, 0) is 55.3 Å². The second-order valence-corrected chi connectivity index (χ2v) is 7.86. The molecule has 4 rings (SSSR count). The molecular weight excluding hydrogens is 410 g/mol. The van der Waals surface area contributed by atoms with Gasteiger partial charge in [0.05, 0.1) is 25.9 Å². The number of nitrogens with zero attached hydrogens (tertiary/aromatic N) is 1. The molecule has 1 atom stereocenters. The van der Waals surface area contributed by atoms with Crippen molar-refractivity contribution in [3.8, 4) is 5.75 Å². The number of anilines is 2. The first kappa shape index (κ1) is 22.1. The van der Waals surface area contributed by atoms with Crippen molar-refractivity contribution in [3.63, 3.8) is 0 Å². The number of nitrogens with one attached hydrogen (secondary N) is 2. The fourth-order valence-corrected chi connectivity index (χ4v) is 3.70. The molecule has 2 N–H and O–H groups in total. The second kappa shape index (κ2) is 11.0. The van der Waals surface area contributed by atoms with Gasteiger partial charge in [0.15, 0.2) is 0 Å². The van der Waals surface area contributed by atoms with Gasteiger partial charge in [0.25, 0.3) is 5.91 Å². The Hall–Kier alpha value is -3.10. The number of morpholine rings is 1. The van der Waals surface area contributed by atoms with Crippen LogP contribution in [0.5, 0.6) is 5.75 Å². The summed E-state index contributed by atoms with van der Waals surface area (Å²) in [4.78, 5) is 26.8. The van der Waals surface area contributed by atoms with Gasteiger partial charge in [-0.15, -0.1) is 0 Å². The smallest absolute Gasteiger partial charge is 0.254 e. The third-order valence-corrected chi connectivity index (χ3v) is 5.46. The monoisotopic (exact) mass is 439 g/mol. The van der Waals surface area contributed by atoms with Crippen molar-refractivity contribution >= 4 is 23.2 Å². The summed E-state index contributed by atoms with van der Waals surface area (Å²) in [6, 6.07) is 14.5. The van der Waals surface area contributed by atoms with E-state index in [9.17, 15) is 9.59 Å². The summed E-state index contributed by atoms with van der Waals surface area (Å²) in [5.41, 5.74) is 1.96. The molecule has 2 aliphatic rings. The molecule has 32 heavy (non-hydrogen) atoms. The van der Waals surface area contributed by atoms with Crippen molar-refractivity contribution in [2.24, 2.45) is 0 Å². The Balaban J connectivity index is 1.23. The van der Waals surface area contributed by atoms with Crippen LogP contribution in [0.4, 0.5) is 11.4 Å². The zero-order chi connectivity index (χ0) is 22.2. The Morgan fingerprint density at radius 2 is 1.84 bits per heavy atom. The zero-order valence-electron chi connectivity index (χ0n) is 18.0. The van der Waals surface area contributed by atoms with Crippen LogP contribution in [-0.4, -0.2) is 68.9 Å². The molecule has 0 spiro atoms. The van der Waals surface area contributed by atoms with Gasteiger partial charge in [0.1, 0.15) is 12.4 Å². The predicted octanol–water partition coefficient (Wildman–Crippen LogP) is 2.77. The molecule has 2 aliphatic heterocycles. The number of hydrogen-bond acceptors (Lipinski definition) is 6. The summed E-state index contributed by atoms with van der Waals surface area (Å²) in [5.74, 6) is 0.529. The number of rotatable bonds is 8. The molecule has 2 saturated heterocycles. The fraction of sp³-hybridized carbons (Fsp3) is 0.417. The fourth-order valence-electron chi connectivity index (χ4n) is 3.70. The highest BCUT2D eigenvalue weighted by Crippen LogP contribution is 2.19. The number of carbonyl (C=O) groups excluding carboxylic acids is 2. The number of amides is 2. The van der Waals surface area contributed by atoms with Crippen LogP contribution in [0.15, 0.2) is 48.5 Å². The van der Waals surface area contributed by atoms with Crippen LogP contribution < -0.4 is 15.4 Å². The minimum Gasteiger partial charge on any atom is -0.491 e. The van der Waals surface area contributed by atoms with E-state index in [2.05, 4.69) is 10.6 Å². The highest BCUT2D eigenvalue weighted by atomic mass is 16.5. The zero-order valence-corrected chi connectivity index (χ0v) is 18.0. The Morgan fingerprint density at radius 3 is 2.59 bits per heavy atom. The molecule has 0 aromatic heterocycles. The van der Waals surface area contributed by atoms with Gasteiger partial charge in [0, 0.05) is 36.6 Å². The third kappa shape index (κ3) is 6.21. The molecule has 0 radical (unpaired) electrons. The Bertz CT molecular complexity index is 906. The second-order valence-electron chi connectivity index (χ2n) is 7.86. The SMILES string of the molecule is O=C(CNc1ccc(OCC2CCCO2)cc1)Nc1cccc(C(=O)N2CCOCC2)c1. The molecule has 0 aliphatic carbocycles. The van der Waals surface area contributed by atoms with Crippen LogP contribution in [0.25, 0.3) is 0 Å². The lowest BCUT2D eigenvalue weighted by molar-refractivity contribution is -0.114. The highest BCUT2D eigenvalue weighted by Gasteiger charge is 2.19. The quantitative estimate of drug-likeness (QED) is 0.658. The van der Waals surface area contributed by atoms with Gasteiger partial charge >= 0.3 is 0 Å². The number of ether oxygens (including phenoxy) is 3. The van der Waals surface area contributed by atoms with E-state index in [0.717, 1.165) is 30.9 Å². The van der Waals surface area contributed by atoms with Crippen LogP contribution in [-0.2, 0) is 14.3 Å². The molecule has 0 bridgehead atoms. The Labute approximate surface area is 187 Å². The first-order valence-corrected chi connectivity index (χ1v) is 11.0. The topological polar surface area (TPSA) is 89.1 Å². The maximum Gasteiger partial charge on any atom is 0.254 e. The van der Waals surface area contributed by atoms with Crippen LogP contribution in [0.3, 0.4) is 0 Å². The molecular formula is C24H29N3O5. The molecule has 8 heteroatoms. The van der Waals surface area contributed by atoms with Gasteiger partial charge < -0.3 is 29.7 Å². The minimum atomic E-state index is -0.195. The molecule has 0 saturated carbocycles. The van der Waals surface area contributed by atoms with Crippen molar-refractivity contribution in [1.82, 2.24) is 4.90 Å². The van der Waals surface area contributed by atoms with Crippen molar-refractivity contribution in [3.05, 3.63) is 54.1 Å². The first-order valence-electron chi connectivity index (χ1n) is 11.0. The largest absolute Gasteiger partial charge is 0.491 e. The molecule has 1 unspecified atom stereocenters. The van der Waals surface area contributed by atoms with Crippen molar-refractivity contribution < 1.29 is 23.8 Å². The molecule has 2 aromatic rings. The minimum absolute atomic E-state index is 0.0515. The van der Waals surface area contributed by atoms with Crippen LogP contribution in [0.2, 0.25) is 0 Å². The molecule has 2 heterocycles. The molecule has 8 nitrogen and oxygen atoms in total. The van der Waals surface area contributed by atoms with E-state index in [1.54, 1.807) is 29.2 Å². The summed E-state index contributed by atoms with van der Waals surface area (Å²) in [7, 11) is 0. The Kier molecular flexibility index (Phi) is 7.58. The maximum atomic E-state index is 12.6. The van der Waals surface area contributed by atoms with E-state index < -0.39 is 0 Å². The third-order valence-electron chi connectivity index (χ3n) is 5.46. The van der Waals surface area contributed by atoms with E-state index in [1.165, 1.54) is 0 Å². The molecule has 2 fully saturated rings. The van der Waals surface area contributed by atoms with Crippen molar-refractivity contribution in [1.29, 1.82) is 0 Å². The van der Waals surface area contributed by atoms with E-state index in [1.807, 2.05) is 24.3 Å². The predicted molar refractivity (Wildman–Crippen MR) is 121 cm³/mol. The average Bonchev–Trinajstić information content (AvgIpc) is 3.36. The molecule has 2 amide bonds. The van der Waals surface area contributed by atoms with E-state index in [-0.39, 0.29) is 24.5 Å². The lowest BCUT2D eigenvalue weighted by atomic mass is 10.1. The lowest BCUT2D eigenvalue weighted by Gasteiger charge is -2.27. The summed E-state index contributed by atoms with van der Waals surface area (Å²) in [5, 5.41) is 5.93. The molecule has 2 aromatic carbocycles. The highest BCUT2D eigenvalue weighted by molar-refractivity contribution is 5.98. The van der Waals surface area contributed by atoms with Gasteiger partial charge in [-0.2, -0.15) is 0 Å². The van der Waals surface area contributed by atoms with E-state index in [0.29, 0.717) is 44.2 Å². The van der Waals surface area contributed by atoms with Crippen LogP contribution in [0.1, 0.15) is 23.2 Å². The maximum absolute atomic E-state index is 12.6. The van der Waals surface area contributed by atoms with E-state index in [4.69, 9.17) is 14.2 Å². The summed E-state index contributed by atoms with van der Waals surface area (Å²) < 4.78 is 16.6.